The highest BCUT2D eigenvalue weighted by atomic mass is 35.5. The van der Waals surface area contributed by atoms with E-state index in [4.69, 9.17) is 27.9 Å². The van der Waals surface area contributed by atoms with Crippen LogP contribution in [0.2, 0.25) is 10.0 Å². The lowest BCUT2D eigenvalue weighted by atomic mass is 10.2. The van der Waals surface area contributed by atoms with Crippen LogP contribution in [0, 0.1) is 5.82 Å². The number of thioether (sulfide) groups is 1. The largest absolute Gasteiger partial charge is 0.484 e. The maximum absolute atomic E-state index is 13.8. The van der Waals surface area contributed by atoms with Crippen LogP contribution >= 0.6 is 35.0 Å². The van der Waals surface area contributed by atoms with Gasteiger partial charge in [0.15, 0.2) is 11.0 Å². The number of aromatic nitrogens is 3. The molecule has 0 saturated carbocycles. The van der Waals surface area contributed by atoms with E-state index in [9.17, 15) is 4.39 Å². The van der Waals surface area contributed by atoms with Gasteiger partial charge in [0, 0.05) is 23.4 Å². The van der Waals surface area contributed by atoms with E-state index in [0.29, 0.717) is 38.1 Å². The zero-order valence-corrected chi connectivity index (χ0v) is 15.6. The molecule has 8 heteroatoms. The fraction of sp³-hybridized carbons (Fsp3) is 0.176. The van der Waals surface area contributed by atoms with Crippen LogP contribution < -0.4 is 4.74 Å². The first kappa shape index (κ1) is 18.0. The summed E-state index contributed by atoms with van der Waals surface area (Å²) in [6.07, 6.45) is 0. The second-order valence-corrected chi connectivity index (χ2v) is 6.92. The van der Waals surface area contributed by atoms with E-state index in [1.54, 1.807) is 28.8 Å². The monoisotopic (exact) mass is 397 g/mol. The lowest BCUT2D eigenvalue weighted by Crippen LogP contribution is -2.04. The Labute approximate surface area is 158 Å². The van der Waals surface area contributed by atoms with Crippen molar-refractivity contribution < 1.29 is 9.13 Å². The molecule has 130 valence electrons. The molecule has 3 rings (SSSR count). The third-order valence-corrected chi connectivity index (χ3v) is 5.24. The molecule has 1 heterocycles. The van der Waals surface area contributed by atoms with Crippen molar-refractivity contribution in [3.63, 3.8) is 0 Å². The summed E-state index contributed by atoms with van der Waals surface area (Å²) in [7, 11) is 1.83. The van der Waals surface area contributed by atoms with Crippen LogP contribution in [0.3, 0.4) is 0 Å². The van der Waals surface area contributed by atoms with Crippen molar-refractivity contribution >= 4 is 35.0 Å². The molecule has 0 bridgehead atoms. The molecule has 0 atom stereocenters. The molecule has 25 heavy (non-hydrogen) atoms. The predicted molar refractivity (Wildman–Crippen MR) is 97.8 cm³/mol. The molecular weight excluding hydrogens is 384 g/mol. The molecular formula is C17H14Cl2FN3OS. The minimum absolute atomic E-state index is 0.230. The van der Waals surface area contributed by atoms with Crippen molar-refractivity contribution in [3.05, 3.63) is 69.7 Å². The molecule has 0 aliphatic heterocycles. The van der Waals surface area contributed by atoms with Crippen molar-refractivity contribution in [1.82, 2.24) is 14.8 Å². The Morgan fingerprint density at radius 1 is 1.08 bits per heavy atom. The molecule has 3 aromatic rings. The predicted octanol–water partition coefficient (Wildman–Crippen LogP) is 5.13. The average molecular weight is 398 g/mol. The highest BCUT2D eigenvalue weighted by Gasteiger charge is 2.13. The molecule has 0 radical (unpaired) electrons. The van der Waals surface area contributed by atoms with Gasteiger partial charge in [-0.1, -0.05) is 53.2 Å². The second kappa shape index (κ2) is 8.08. The van der Waals surface area contributed by atoms with Gasteiger partial charge in [-0.3, -0.25) is 0 Å². The normalized spacial score (nSPS) is 10.9. The van der Waals surface area contributed by atoms with E-state index in [1.165, 1.54) is 17.8 Å². The fourth-order valence-corrected chi connectivity index (χ4v) is 3.57. The van der Waals surface area contributed by atoms with E-state index in [0.717, 1.165) is 0 Å². The van der Waals surface area contributed by atoms with E-state index in [2.05, 4.69) is 10.2 Å². The van der Waals surface area contributed by atoms with Crippen LogP contribution in [0.15, 0.2) is 47.6 Å². The van der Waals surface area contributed by atoms with Crippen molar-refractivity contribution in [3.8, 4) is 5.75 Å². The molecule has 0 amide bonds. The van der Waals surface area contributed by atoms with Gasteiger partial charge in [0.05, 0.1) is 5.02 Å². The summed E-state index contributed by atoms with van der Waals surface area (Å²) >= 11 is 13.5. The van der Waals surface area contributed by atoms with Gasteiger partial charge in [-0.25, -0.2) is 4.39 Å². The molecule has 0 spiro atoms. The number of hydrogen-bond donors (Lipinski definition) is 0. The Bertz CT molecular complexity index is 868. The van der Waals surface area contributed by atoms with Crippen LogP contribution in [0.5, 0.6) is 5.75 Å². The van der Waals surface area contributed by atoms with Crippen LogP contribution in [0.25, 0.3) is 0 Å². The number of benzene rings is 2. The van der Waals surface area contributed by atoms with Gasteiger partial charge in [-0.2, -0.15) is 0 Å². The number of para-hydroxylation sites is 1. The van der Waals surface area contributed by atoms with E-state index in [1.807, 2.05) is 19.2 Å². The van der Waals surface area contributed by atoms with E-state index < -0.39 is 0 Å². The van der Waals surface area contributed by atoms with Crippen LogP contribution in [0.1, 0.15) is 11.4 Å². The zero-order valence-electron chi connectivity index (χ0n) is 13.2. The summed E-state index contributed by atoms with van der Waals surface area (Å²) < 4.78 is 21.3. The first-order chi connectivity index (χ1) is 12.1. The van der Waals surface area contributed by atoms with Gasteiger partial charge in [-0.15, -0.1) is 10.2 Å². The average Bonchev–Trinajstić information content (AvgIpc) is 2.94. The number of ether oxygens (including phenoxy) is 1. The summed E-state index contributed by atoms with van der Waals surface area (Å²) in [4.78, 5) is 0. The molecule has 2 aromatic carbocycles. The molecule has 0 aliphatic carbocycles. The molecule has 0 fully saturated rings. The molecule has 0 aliphatic rings. The van der Waals surface area contributed by atoms with Gasteiger partial charge in [0.25, 0.3) is 0 Å². The molecule has 0 saturated heterocycles. The summed E-state index contributed by atoms with van der Waals surface area (Å²) in [6, 6.07) is 11.9. The van der Waals surface area contributed by atoms with Gasteiger partial charge in [0.2, 0.25) is 0 Å². The Morgan fingerprint density at radius 2 is 1.84 bits per heavy atom. The first-order valence-electron chi connectivity index (χ1n) is 7.37. The quantitative estimate of drug-likeness (QED) is 0.540. The van der Waals surface area contributed by atoms with Crippen molar-refractivity contribution in [1.29, 1.82) is 0 Å². The van der Waals surface area contributed by atoms with Gasteiger partial charge >= 0.3 is 0 Å². The summed E-state index contributed by atoms with van der Waals surface area (Å²) in [5.41, 5.74) is 0.450. The van der Waals surface area contributed by atoms with Gasteiger partial charge in [0.1, 0.15) is 18.2 Å². The number of halogens is 3. The second-order valence-electron chi connectivity index (χ2n) is 5.17. The molecule has 0 N–H and O–H groups in total. The topological polar surface area (TPSA) is 39.9 Å². The minimum Gasteiger partial charge on any atom is -0.484 e. The summed E-state index contributed by atoms with van der Waals surface area (Å²) in [5.74, 6) is 1.26. The maximum atomic E-state index is 13.8. The molecule has 0 unspecified atom stereocenters. The summed E-state index contributed by atoms with van der Waals surface area (Å²) in [5, 5.41) is 9.82. The number of nitrogens with zero attached hydrogens (tertiary/aromatic N) is 3. The lowest BCUT2D eigenvalue weighted by Gasteiger charge is -2.08. The number of hydrogen-bond acceptors (Lipinski definition) is 4. The smallest absolute Gasteiger partial charge is 0.191 e. The minimum atomic E-state index is -0.329. The highest BCUT2D eigenvalue weighted by molar-refractivity contribution is 7.98. The highest BCUT2D eigenvalue weighted by Crippen LogP contribution is 2.28. The number of rotatable bonds is 6. The van der Waals surface area contributed by atoms with Crippen molar-refractivity contribution in [2.24, 2.45) is 7.05 Å². The SMILES string of the molecule is Cn1c(COc2ccccc2Cl)nnc1SCc1c(F)cccc1Cl. The summed E-state index contributed by atoms with van der Waals surface area (Å²) in [6.45, 7) is 0.230. The van der Waals surface area contributed by atoms with Crippen molar-refractivity contribution in [2.45, 2.75) is 17.5 Å². The van der Waals surface area contributed by atoms with Crippen molar-refractivity contribution in [2.75, 3.05) is 0 Å². The first-order valence-corrected chi connectivity index (χ1v) is 9.11. The molecule has 1 aromatic heterocycles. The Balaban J connectivity index is 1.66. The van der Waals surface area contributed by atoms with Crippen LogP contribution in [-0.2, 0) is 19.4 Å². The van der Waals surface area contributed by atoms with Crippen LogP contribution in [-0.4, -0.2) is 14.8 Å². The molecule has 4 nitrogen and oxygen atoms in total. The van der Waals surface area contributed by atoms with Gasteiger partial charge < -0.3 is 9.30 Å². The fourth-order valence-electron chi connectivity index (χ4n) is 2.11. The Kier molecular flexibility index (Phi) is 5.83. The third kappa shape index (κ3) is 4.26. The Hall–Kier alpha value is -1.76. The lowest BCUT2D eigenvalue weighted by molar-refractivity contribution is 0.290. The third-order valence-electron chi connectivity index (χ3n) is 3.53. The zero-order chi connectivity index (χ0) is 17.8. The van der Waals surface area contributed by atoms with E-state index >= 15 is 0 Å². The standard InChI is InChI=1S/C17H14Cl2FN3OS/c1-23-16(9-24-15-8-3-2-5-13(15)19)21-22-17(23)25-10-11-12(18)6-4-7-14(11)20/h2-8H,9-10H2,1H3. The van der Waals surface area contributed by atoms with Crippen LogP contribution in [0.4, 0.5) is 4.39 Å². The van der Waals surface area contributed by atoms with Gasteiger partial charge in [-0.05, 0) is 24.3 Å². The maximum Gasteiger partial charge on any atom is 0.191 e. The van der Waals surface area contributed by atoms with E-state index in [-0.39, 0.29) is 12.4 Å². The Morgan fingerprint density at radius 3 is 2.60 bits per heavy atom.